The van der Waals surface area contributed by atoms with Crippen molar-refractivity contribution in [3.63, 3.8) is 0 Å². The Morgan fingerprint density at radius 1 is 0.815 bits per heavy atom. The standard InChI is InChI=1S/C22H17N3O2/c1-14(26)24-16-8-10-17(11-9-16)25-22(27)20-13-15-5-2-3-6-18(15)19-7-4-12-23-21(19)20/h2-13H,1H3,(H,24,26)(H,25,27). The molecule has 2 N–H and O–H groups in total. The van der Waals surface area contributed by atoms with Crippen molar-refractivity contribution in [3.05, 3.63) is 78.5 Å². The number of carbonyl (C=O) groups is 2. The van der Waals surface area contributed by atoms with E-state index in [9.17, 15) is 9.59 Å². The van der Waals surface area contributed by atoms with Gasteiger partial charge in [-0.3, -0.25) is 14.6 Å². The highest BCUT2D eigenvalue weighted by atomic mass is 16.2. The summed E-state index contributed by atoms with van der Waals surface area (Å²) in [6.45, 7) is 1.45. The van der Waals surface area contributed by atoms with Crippen LogP contribution in [0.3, 0.4) is 0 Å². The molecule has 0 unspecified atom stereocenters. The first kappa shape index (κ1) is 16.7. The number of rotatable bonds is 3. The number of pyridine rings is 1. The molecule has 0 saturated heterocycles. The number of amides is 2. The molecule has 0 spiro atoms. The molecule has 0 atom stereocenters. The second-order valence-corrected chi connectivity index (χ2v) is 6.26. The number of nitrogens with zero attached hydrogens (tertiary/aromatic N) is 1. The first-order valence-electron chi connectivity index (χ1n) is 8.57. The largest absolute Gasteiger partial charge is 0.326 e. The zero-order valence-corrected chi connectivity index (χ0v) is 14.7. The van der Waals surface area contributed by atoms with Gasteiger partial charge in [-0.15, -0.1) is 0 Å². The Morgan fingerprint density at radius 2 is 1.48 bits per heavy atom. The van der Waals surface area contributed by atoms with E-state index in [0.717, 1.165) is 16.2 Å². The first-order chi connectivity index (χ1) is 13.1. The molecule has 0 aliphatic carbocycles. The molecule has 132 valence electrons. The molecule has 0 aliphatic rings. The Bertz CT molecular complexity index is 1170. The van der Waals surface area contributed by atoms with Crippen LogP contribution in [0.2, 0.25) is 0 Å². The Hall–Kier alpha value is -3.73. The second kappa shape index (κ2) is 6.88. The molecule has 0 bridgehead atoms. The fourth-order valence-corrected chi connectivity index (χ4v) is 3.14. The number of aromatic nitrogens is 1. The SMILES string of the molecule is CC(=O)Nc1ccc(NC(=O)c2cc3ccccc3c3cccnc23)cc1. The number of benzene rings is 3. The van der Waals surface area contributed by atoms with Crippen LogP contribution in [0.1, 0.15) is 17.3 Å². The van der Waals surface area contributed by atoms with Crippen molar-refractivity contribution in [2.45, 2.75) is 6.92 Å². The van der Waals surface area contributed by atoms with Gasteiger partial charge in [0.15, 0.2) is 0 Å². The Morgan fingerprint density at radius 3 is 2.22 bits per heavy atom. The van der Waals surface area contributed by atoms with Gasteiger partial charge in [-0.1, -0.05) is 30.3 Å². The molecule has 1 aromatic heterocycles. The smallest absolute Gasteiger partial charge is 0.257 e. The summed E-state index contributed by atoms with van der Waals surface area (Å²) in [5.74, 6) is -0.364. The minimum atomic E-state index is -0.225. The number of fused-ring (bicyclic) bond motifs is 3. The second-order valence-electron chi connectivity index (χ2n) is 6.26. The fourth-order valence-electron chi connectivity index (χ4n) is 3.14. The lowest BCUT2D eigenvalue weighted by molar-refractivity contribution is -0.114. The quantitative estimate of drug-likeness (QED) is 0.528. The number of hydrogen-bond donors (Lipinski definition) is 2. The fraction of sp³-hybridized carbons (Fsp3) is 0.0455. The van der Waals surface area contributed by atoms with Crippen LogP contribution in [0.25, 0.3) is 21.7 Å². The molecule has 0 saturated carbocycles. The Kier molecular flexibility index (Phi) is 4.26. The molecule has 4 rings (SSSR count). The van der Waals surface area contributed by atoms with Crippen molar-refractivity contribution in [3.8, 4) is 0 Å². The summed E-state index contributed by atoms with van der Waals surface area (Å²) >= 11 is 0. The van der Waals surface area contributed by atoms with Crippen LogP contribution >= 0.6 is 0 Å². The highest BCUT2D eigenvalue weighted by Crippen LogP contribution is 2.28. The number of hydrogen-bond acceptors (Lipinski definition) is 3. The predicted molar refractivity (Wildman–Crippen MR) is 108 cm³/mol. The lowest BCUT2D eigenvalue weighted by Gasteiger charge is -2.11. The van der Waals surface area contributed by atoms with Gasteiger partial charge >= 0.3 is 0 Å². The van der Waals surface area contributed by atoms with Crippen LogP contribution in [-0.2, 0) is 4.79 Å². The molecule has 4 aromatic rings. The van der Waals surface area contributed by atoms with Gasteiger partial charge in [-0.25, -0.2) is 0 Å². The van der Waals surface area contributed by atoms with Crippen LogP contribution in [-0.4, -0.2) is 16.8 Å². The molecule has 0 aliphatic heterocycles. The maximum absolute atomic E-state index is 12.9. The van der Waals surface area contributed by atoms with Gasteiger partial charge in [0.05, 0.1) is 11.1 Å². The third-order valence-corrected chi connectivity index (χ3v) is 4.32. The van der Waals surface area contributed by atoms with E-state index in [1.165, 1.54) is 6.92 Å². The molecule has 27 heavy (non-hydrogen) atoms. The van der Waals surface area contributed by atoms with Gasteiger partial charge in [0.25, 0.3) is 5.91 Å². The van der Waals surface area contributed by atoms with Crippen molar-refractivity contribution < 1.29 is 9.59 Å². The zero-order valence-electron chi connectivity index (χ0n) is 14.7. The zero-order chi connectivity index (χ0) is 18.8. The maximum atomic E-state index is 12.9. The first-order valence-corrected chi connectivity index (χ1v) is 8.57. The van der Waals surface area contributed by atoms with Gasteiger partial charge < -0.3 is 10.6 Å². The van der Waals surface area contributed by atoms with Crippen LogP contribution in [0.5, 0.6) is 0 Å². The normalized spacial score (nSPS) is 10.7. The van der Waals surface area contributed by atoms with Crippen molar-refractivity contribution in [2.24, 2.45) is 0 Å². The van der Waals surface area contributed by atoms with Gasteiger partial charge in [0.2, 0.25) is 5.91 Å². The van der Waals surface area contributed by atoms with Crippen LogP contribution in [0.15, 0.2) is 72.9 Å². The topological polar surface area (TPSA) is 71.1 Å². The van der Waals surface area contributed by atoms with Crippen LogP contribution in [0, 0.1) is 0 Å². The molecule has 3 aromatic carbocycles. The minimum Gasteiger partial charge on any atom is -0.326 e. The summed E-state index contributed by atoms with van der Waals surface area (Å²) in [6.07, 6.45) is 1.69. The van der Waals surface area contributed by atoms with Crippen LogP contribution in [0.4, 0.5) is 11.4 Å². The lowest BCUT2D eigenvalue weighted by Crippen LogP contribution is -2.13. The lowest BCUT2D eigenvalue weighted by atomic mass is 10.0. The van der Waals surface area contributed by atoms with Gasteiger partial charge in [-0.05, 0) is 47.2 Å². The van der Waals surface area contributed by atoms with Crippen molar-refractivity contribution in [2.75, 3.05) is 10.6 Å². The summed E-state index contributed by atoms with van der Waals surface area (Å²) in [6, 6.07) is 20.6. The summed E-state index contributed by atoms with van der Waals surface area (Å²) in [7, 11) is 0. The predicted octanol–water partition coefficient (Wildman–Crippen LogP) is 4.60. The van der Waals surface area contributed by atoms with E-state index in [-0.39, 0.29) is 11.8 Å². The Labute approximate surface area is 156 Å². The van der Waals surface area contributed by atoms with E-state index in [0.29, 0.717) is 22.5 Å². The average molecular weight is 355 g/mol. The van der Waals surface area contributed by atoms with Crippen molar-refractivity contribution in [1.29, 1.82) is 0 Å². The highest BCUT2D eigenvalue weighted by Gasteiger charge is 2.14. The Balaban J connectivity index is 1.71. The third kappa shape index (κ3) is 3.35. The molecule has 1 heterocycles. The molecule has 5 heteroatoms. The summed E-state index contributed by atoms with van der Waals surface area (Å²) < 4.78 is 0. The number of anilines is 2. The van der Waals surface area contributed by atoms with E-state index in [1.807, 2.05) is 42.5 Å². The number of carbonyl (C=O) groups excluding carboxylic acids is 2. The van der Waals surface area contributed by atoms with Crippen molar-refractivity contribution >= 4 is 44.9 Å². The highest BCUT2D eigenvalue weighted by molar-refractivity contribution is 6.18. The van der Waals surface area contributed by atoms with E-state index >= 15 is 0 Å². The maximum Gasteiger partial charge on any atom is 0.257 e. The molecule has 5 nitrogen and oxygen atoms in total. The minimum absolute atomic E-state index is 0.138. The summed E-state index contributed by atoms with van der Waals surface area (Å²) in [5, 5.41) is 8.61. The molecular weight excluding hydrogens is 338 g/mol. The van der Waals surface area contributed by atoms with Crippen molar-refractivity contribution in [1.82, 2.24) is 4.98 Å². The number of nitrogens with one attached hydrogen (secondary N) is 2. The molecule has 0 fully saturated rings. The average Bonchev–Trinajstić information content (AvgIpc) is 2.68. The van der Waals surface area contributed by atoms with E-state index in [2.05, 4.69) is 15.6 Å². The molecule has 0 radical (unpaired) electrons. The van der Waals surface area contributed by atoms with Gasteiger partial charge in [0, 0.05) is 29.9 Å². The van der Waals surface area contributed by atoms with E-state index in [4.69, 9.17) is 0 Å². The van der Waals surface area contributed by atoms with E-state index < -0.39 is 0 Å². The van der Waals surface area contributed by atoms with Gasteiger partial charge in [0.1, 0.15) is 0 Å². The molecule has 2 amide bonds. The summed E-state index contributed by atoms with van der Waals surface area (Å²) in [4.78, 5) is 28.5. The molecular formula is C22H17N3O2. The van der Waals surface area contributed by atoms with Crippen LogP contribution < -0.4 is 10.6 Å². The third-order valence-electron chi connectivity index (χ3n) is 4.32. The monoisotopic (exact) mass is 355 g/mol. The summed E-state index contributed by atoms with van der Waals surface area (Å²) in [5.41, 5.74) is 2.52. The van der Waals surface area contributed by atoms with E-state index in [1.54, 1.807) is 30.5 Å². The van der Waals surface area contributed by atoms with Gasteiger partial charge in [-0.2, -0.15) is 0 Å².